The van der Waals surface area contributed by atoms with Crippen LogP contribution in [0.2, 0.25) is 0 Å². The third-order valence-corrected chi connectivity index (χ3v) is 1.98. The van der Waals surface area contributed by atoms with E-state index in [0.29, 0.717) is 0 Å². The van der Waals surface area contributed by atoms with E-state index in [2.05, 4.69) is 0 Å². The van der Waals surface area contributed by atoms with Gasteiger partial charge in [0.2, 0.25) is 0 Å². The average Bonchev–Trinajstić information content (AvgIpc) is 2.04. The Labute approximate surface area is 85.2 Å². The first-order valence-corrected chi connectivity index (χ1v) is 4.11. The van der Waals surface area contributed by atoms with Crippen LogP contribution in [0.25, 0.3) is 0 Å². The summed E-state index contributed by atoms with van der Waals surface area (Å²) in [7, 11) is 0. The topological polar surface area (TPSA) is 46.2 Å². The molecule has 0 heterocycles. The van der Waals surface area contributed by atoms with E-state index in [0.717, 1.165) is 5.56 Å². The molecule has 1 aromatic carbocycles. The van der Waals surface area contributed by atoms with Crippen molar-refractivity contribution >= 4 is 12.4 Å². The lowest BCUT2D eigenvalue weighted by Crippen LogP contribution is -2.22. The molecule has 0 aliphatic heterocycles. The van der Waals surface area contributed by atoms with Gasteiger partial charge in [-0.05, 0) is 19.4 Å². The van der Waals surface area contributed by atoms with Gasteiger partial charge >= 0.3 is 0 Å². The van der Waals surface area contributed by atoms with Crippen molar-refractivity contribution in [2.75, 3.05) is 0 Å². The molecule has 0 unspecified atom stereocenters. The van der Waals surface area contributed by atoms with Gasteiger partial charge in [-0.1, -0.05) is 29.8 Å². The summed E-state index contributed by atoms with van der Waals surface area (Å²) in [4.78, 5) is 0. The summed E-state index contributed by atoms with van der Waals surface area (Å²) in [6.07, 6.45) is -0.493. The molecule has 0 saturated heterocycles. The zero-order chi connectivity index (χ0) is 9.14. The maximum absolute atomic E-state index is 9.22. The van der Waals surface area contributed by atoms with Gasteiger partial charge in [-0.15, -0.1) is 12.4 Å². The van der Waals surface area contributed by atoms with Crippen LogP contribution < -0.4 is 5.73 Å². The first kappa shape index (κ1) is 12.4. The number of benzene rings is 1. The van der Waals surface area contributed by atoms with Crippen molar-refractivity contribution in [3.05, 3.63) is 35.4 Å². The molecule has 74 valence electrons. The second kappa shape index (κ2) is 5.22. The lowest BCUT2D eigenvalue weighted by Gasteiger charge is -2.14. The first-order chi connectivity index (χ1) is 5.61. The van der Waals surface area contributed by atoms with E-state index in [-0.39, 0.29) is 18.4 Å². The maximum atomic E-state index is 9.22. The molecule has 0 radical (unpaired) electrons. The summed E-state index contributed by atoms with van der Waals surface area (Å²) in [6.45, 7) is 3.72. The predicted molar refractivity (Wildman–Crippen MR) is 57.0 cm³/mol. The molecular weight excluding hydrogens is 186 g/mol. The van der Waals surface area contributed by atoms with Crippen LogP contribution in [-0.4, -0.2) is 11.2 Å². The van der Waals surface area contributed by atoms with Gasteiger partial charge in [0.15, 0.2) is 0 Å². The van der Waals surface area contributed by atoms with Crippen LogP contribution in [0, 0.1) is 6.92 Å². The van der Waals surface area contributed by atoms with Crippen molar-refractivity contribution in [1.29, 1.82) is 0 Å². The highest BCUT2D eigenvalue weighted by molar-refractivity contribution is 5.85. The fourth-order valence-electron chi connectivity index (χ4n) is 1.07. The summed E-state index contributed by atoms with van der Waals surface area (Å²) >= 11 is 0. The molecule has 0 aliphatic carbocycles. The van der Waals surface area contributed by atoms with Crippen molar-refractivity contribution in [2.45, 2.75) is 26.0 Å². The summed E-state index contributed by atoms with van der Waals surface area (Å²) in [5.41, 5.74) is 7.93. The lowest BCUT2D eigenvalue weighted by molar-refractivity contribution is 0.164. The number of hydrogen-bond donors (Lipinski definition) is 2. The van der Waals surface area contributed by atoms with E-state index in [9.17, 15) is 5.11 Å². The SMILES string of the molecule is Cc1ccc([C@@H](N)[C@H](C)O)cc1.Cl. The molecule has 0 spiro atoms. The minimum absolute atomic E-state index is 0. The number of hydrogen-bond acceptors (Lipinski definition) is 2. The molecule has 0 saturated carbocycles. The molecule has 13 heavy (non-hydrogen) atoms. The van der Waals surface area contributed by atoms with Crippen molar-refractivity contribution in [3.63, 3.8) is 0 Å². The van der Waals surface area contributed by atoms with Gasteiger partial charge in [-0.2, -0.15) is 0 Å². The summed E-state index contributed by atoms with van der Waals surface area (Å²) < 4.78 is 0. The molecule has 1 aromatic rings. The summed E-state index contributed by atoms with van der Waals surface area (Å²) in [5.74, 6) is 0. The van der Waals surface area contributed by atoms with Crippen LogP contribution in [0.3, 0.4) is 0 Å². The molecule has 0 aliphatic rings. The number of halogens is 1. The van der Waals surface area contributed by atoms with Gasteiger partial charge in [-0.25, -0.2) is 0 Å². The van der Waals surface area contributed by atoms with E-state index in [1.165, 1.54) is 5.56 Å². The van der Waals surface area contributed by atoms with Gasteiger partial charge in [-0.3, -0.25) is 0 Å². The number of aliphatic hydroxyl groups is 1. The normalized spacial score (nSPS) is 14.5. The second-order valence-corrected chi connectivity index (χ2v) is 3.18. The molecule has 0 bridgehead atoms. The maximum Gasteiger partial charge on any atom is 0.0704 e. The predicted octanol–water partition coefficient (Wildman–Crippen LogP) is 1.80. The van der Waals surface area contributed by atoms with Gasteiger partial charge in [0.25, 0.3) is 0 Å². The molecule has 1 rings (SSSR count). The fourth-order valence-corrected chi connectivity index (χ4v) is 1.07. The summed E-state index contributed by atoms with van der Waals surface area (Å²) in [6, 6.07) is 7.62. The minimum atomic E-state index is -0.493. The highest BCUT2D eigenvalue weighted by Gasteiger charge is 2.10. The Kier molecular flexibility index (Phi) is 4.99. The Morgan fingerprint density at radius 1 is 1.23 bits per heavy atom. The van der Waals surface area contributed by atoms with E-state index in [1.54, 1.807) is 6.92 Å². The van der Waals surface area contributed by atoms with E-state index < -0.39 is 6.10 Å². The molecule has 3 heteroatoms. The van der Waals surface area contributed by atoms with Gasteiger partial charge < -0.3 is 10.8 Å². The Morgan fingerprint density at radius 2 is 1.69 bits per heavy atom. The first-order valence-electron chi connectivity index (χ1n) is 4.11. The Hall–Kier alpha value is -0.570. The average molecular weight is 202 g/mol. The van der Waals surface area contributed by atoms with Crippen molar-refractivity contribution < 1.29 is 5.11 Å². The van der Waals surface area contributed by atoms with Gasteiger partial charge in [0.05, 0.1) is 12.1 Å². The molecule has 2 atom stereocenters. The minimum Gasteiger partial charge on any atom is -0.391 e. The quantitative estimate of drug-likeness (QED) is 0.767. The second-order valence-electron chi connectivity index (χ2n) is 3.18. The largest absolute Gasteiger partial charge is 0.391 e. The monoisotopic (exact) mass is 201 g/mol. The zero-order valence-corrected chi connectivity index (χ0v) is 8.71. The van der Waals surface area contributed by atoms with Gasteiger partial charge in [0.1, 0.15) is 0 Å². The van der Waals surface area contributed by atoms with Crippen LogP contribution >= 0.6 is 12.4 Å². The van der Waals surface area contributed by atoms with Crippen LogP contribution in [0.1, 0.15) is 24.1 Å². The van der Waals surface area contributed by atoms with Crippen LogP contribution in [0.5, 0.6) is 0 Å². The number of aliphatic hydroxyl groups excluding tert-OH is 1. The Bertz CT molecular complexity index is 246. The molecule has 0 aromatic heterocycles. The van der Waals surface area contributed by atoms with Crippen LogP contribution in [-0.2, 0) is 0 Å². The standard InChI is InChI=1S/C10H15NO.ClH/c1-7-3-5-9(6-4-7)10(11)8(2)12;/h3-6,8,10,12H,11H2,1-2H3;1H/t8-,10-;/m0./s1. The van der Waals surface area contributed by atoms with Crippen molar-refractivity contribution in [1.82, 2.24) is 0 Å². The number of rotatable bonds is 2. The molecule has 3 N–H and O–H groups in total. The van der Waals surface area contributed by atoms with Crippen LogP contribution in [0.15, 0.2) is 24.3 Å². The molecular formula is C10H16ClNO. The summed E-state index contributed by atoms with van der Waals surface area (Å²) in [5, 5.41) is 9.22. The molecule has 0 fully saturated rings. The highest BCUT2D eigenvalue weighted by atomic mass is 35.5. The smallest absolute Gasteiger partial charge is 0.0704 e. The van der Waals surface area contributed by atoms with E-state index in [1.807, 2.05) is 31.2 Å². The van der Waals surface area contributed by atoms with Crippen LogP contribution in [0.4, 0.5) is 0 Å². The van der Waals surface area contributed by atoms with Crippen molar-refractivity contribution in [2.24, 2.45) is 5.73 Å². The third kappa shape index (κ3) is 3.35. The fraction of sp³-hybridized carbons (Fsp3) is 0.400. The number of aryl methyl sites for hydroxylation is 1. The zero-order valence-electron chi connectivity index (χ0n) is 7.90. The lowest BCUT2D eigenvalue weighted by atomic mass is 10.0. The highest BCUT2D eigenvalue weighted by Crippen LogP contribution is 2.14. The van der Waals surface area contributed by atoms with E-state index >= 15 is 0 Å². The van der Waals surface area contributed by atoms with Crippen molar-refractivity contribution in [3.8, 4) is 0 Å². The number of nitrogens with two attached hydrogens (primary N) is 1. The molecule has 0 amide bonds. The third-order valence-electron chi connectivity index (χ3n) is 1.98. The molecule has 2 nitrogen and oxygen atoms in total. The van der Waals surface area contributed by atoms with Gasteiger partial charge in [0, 0.05) is 0 Å². The Morgan fingerprint density at radius 3 is 2.08 bits per heavy atom. The van der Waals surface area contributed by atoms with E-state index in [4.69, 9.17) is 5.73 Å². The Balaban J connectivity index is 0.00000144.